The lowest BCUT2D eigenvalue weighted by Gasteiger charge is -2.35. The van der Waals surface area contributed by atoms with Crippen molar-refractivity contribution in [1.29, 1.82) is 5.41 Å². The van der Waals surface area contributed by atoms with E-state index in [0.29, 0.717) is 46.1 Å². The topological polar surface area (TPSA) is 99.7 Å². The van der Waals surface area contributed by atoms with E-state index in [2.05, 4.69) is 10.4 Å². The number of pyridine rings is 1. The highest BCUT2D eigenvalue weighted by atomic mass is 19.4. The third kappa shape index (κ3) is 5.37. The highest BCUT2D eigenvalue weighted by molar-refractivity contribution is 5.97. The van der Waals surface area contributed by atoms with Gasteiger partial charge in [-0.15, -0.1) is 0 Å². The van der Waals surface area contributed by atoms with Crippen LogP contribution in [-0.4, -0.2) is 72.8 Å². The van der Waals surface area contributed by atoms with E-state index >= 15 is 0 Å². The minimum Gasteiger partial charge on any atom is -0.384 e. The maximum atomic E-state index is 13.7. The lowest BCUT2D eigenvalue weighted by molar-refractivity contribution is -0.137. The van der Waals surface area contributed by atoms with Crippen LogP contribution in [0, 0.1) is 5.41 Å². The second kappa shape index (κ2) is 8.97. The molecular weight excluding hydrogens is 389 g/mol. The van der Waals surface area contributed by atoms with Gasteiger partial charge in [-0.1, -0.05) is 0 Å². The van der Waals surface area contributed by atoms with E-state index in [4.69, 9.17) is 20.6 Å². The maximum absolute atomic E-state index is 13.7. The number of ether oxygens (including phenoxy) is 2. The number of anilines is 1. The number of hydrogen-bond donors (Lipinski definition) is 3. The first-order valence-electron chi connectivity index (χ1n) is 9.33. The van der Waals surface area contributed by atoms with E-state index in [1.165, 1.54) is 6.08 Å². The standard InChI is InChI=1S/C18H25F3N6O2/c1-12-11-29-7-4-27(12)17(23)9-15(25-26-2-5-28-6-3-26)13-10-24-16(22)8-14(13)18(19,20)21/h8-10,12,23,25H,2-7,11H2,1H3,(H2,22,24)/b15-9-,23-17?/t12-/m0/s1. The zero-order chi connectivity index (χ0) is 21.0. The van der Waals surface area contributed by atoms with Crippen LogP contribution < -0.4 is 11.2 Å². The van der Waals surface area contributed by atoms with Gasteiger partial charge in [-0.25, -0.2) is 9.99 Å². The Kier molecular flexibility index (Phi) is 6.60. The van der Waals surface area contributed by atoms with Gasteiger partial charge in [-0.3, -0.25) is 5.41 Å². The lowest BCUT2D eigenvalue weighted by atomic mass is 10.1. The van der Waals surface area contributed by atoms with Crippen LogP contribution in [0.3, 0.4) is 0 Å². The first-order valence-corrected chi connectivity index (χ1v) is 9.33. The molecule has 2 aliphatic rings. The van der Waals surface area contributed by atoms with Crippen LogP contribution in [-0.2, 0) is 15.7 Å². The molecule has 11 heteroatoms. The van der Waals surface area contributed by atoms with Gasteiger partial charge in [0.15, 0.2) is 0 Å². The molecule has 2 fully saturated rings. The molecule has 0 unspecified atom stereocenters. The van der Waals surface area contributed by atoms with Crippen molar-refractivity contribution in [3.63, 3.8) is 0 Å². The molecule has 0 spiro atoms. The zero-order valence-electron chi connectivity index (χ0n) is 16.1. The largest absolute Gasteiger partial charge is 0.417 e. The van der Waals surface area contributed by atoms with Gasteiger partial charge in [0.1, 0.15) is 11.7 Å². The van der Waals surface area contributed by atoms with E-state index in [1.54, 1.807) is 9.91 Å². The maximum Gasteiger partial charge on any atom is 0.417 e. The van der Waals surface area contributed by atoms with Crippen LogP contribution in [0.1, 0.15) is 18.1 Å². The Balaban J connectivity index is 1.98. The average molecular weight is 414 g/mol. The van der Waals surface area contributed by atoms with Crippen LogP contribution in [0.4, 0.5) is 19.0 Å². The number of morpholine rings is 2. The summed E-state index contributed by atoms with van der Waals surface area (Å²) in [5.74, 6) is -0.120. The van der Waals surface area contributed by atoms with E-state index in [1.807, 2.05) is 6.92 Å². The quantitative estimate of drug-likeness (QED) is 0.508. The van der Waals surface area contributed by atoms with Gasteiger partial charge in [0.05, 0.1) is 43.7 Å². The molecule has 3 rings (SSSR count). The molecule has 29 heavy (non-hydrogen) atoms. The van der Waals surface area contributed by atoms with Crippen molar-refractivity contribution in [2.24, 2.45) is 0 Å². The number of hydrogen-bond acceptors (Lipinski definition) is 7. The molecule has 4 N–H and O–H groups in total. The molecule has 0 saturated carbocycles. The fourth-order valence-corrected chi connectivity index (χ4v) is 3.24. The number of aromatic nitrogens is 1. The Morgan fingerprint density at radius 1 is 1.28 bits per heavy atom. The average Bonchev–Trinajstić information content (AvgIpc) is 2.68. The zero-order valence-corrected chi connectivity index (χ0v) is 16.1. The summed E-state index contributed by atoms with van der Waals surface area (Å²) in [4.78, 5) is 5.65. The van der Waals surface area contributed by atoms with Crippen LogP contribution >= 0.6 is 0 Å². The highest BCUT2D eigenvalue weighted by Gasteiger charge is 2.35. The number of nitrogens with one attached hydrogen (secondary N) is 2. The number of rotatable bonds is 4. The van der Waals surface area contributed by atoms with Crippen molar-refractivity contribution in [1.82, 2.24) is 20.3 Å². The van der Waals surface area contributed by atoms with Gasteiger partial charge in [-0.05, 0) is 13.0 Å². The first kappa shape index (κ1) is 21.3. The normalized spacial score (nSPS) is 21.9. The third-order valence-electron chi connectivity index (χ3n) is 4.77. The van der Waals surface area contributed by atoms with Crippen molar-refractivity contribution in [3.05, 3.63) is 29.5 Å². The van der Waals surface area contributed by atoms with Gasteiger partial charge in [0, 0.05) is 37.5 Å². The number of nitrogen functional groups attached to an aromatic ring is 1. The molecule has 1 aromatic rings. The van der Waals surface area contributed by atoms with E-state index in [9.17, 15) is 13.2 Å². The van der Waals surface area contributed by atoms with Crippen molar-refractivity contribution in [3.8, 4) is 0 Å². The summed E-state index contributed by atoms with van der Waals surface area (Å²) in [6.45, 7) is 5.25. The van der Waals surface area contributed by atoms with Crippen molar-refractivity contribution in [2.75, 3.05) is 51.8 Å². The third-order valence-corrected chi connectivity index (χ3v) is 4.77. The van der Waals surface area contributed by atoms with Gasteiger partial charge in [-0.2, -0.15) is 13.2 Å². The minimum atomic E-state index is -4.62. The number of hydrazine groups is 1. The molecular formula is C18H25F3N6O2. The molecule has 0 aromatic carbocycles. The fourth-order valence-electron chi connectivity index (χ4n) is 3.24. The first-order chi connectivity index (χ1) is 13.8. The smallest absolute Gasteiger partial charge is 0.384 e. The summed E-state index contributed by atoms with van der Waals surface area (Å²) in [6.07, 6.45) is -2.13. The molecule has 0 amide bonds. The summed E-state index contributed by atoms with van der Waals surface area (Å²) < 4.78 is 51.7. The monoisotopic (exact) mass is 414 g/mol. The Labute approximate surface area is 166 Å². The van der Waals surface area contributed by atoms with Gasteiger partial charge < -0.3 is 25.5 Å². The SMILES string of the molecule is C[C@H]1COCCN1C(=N)/C=C(\NN1CCOCC1)c1cnc(N)cc1C(F)(F)F. The lowest BCUT2D eigenvalue weighted by Crippen LogP contribution is -2.47. The molecule has 1 atom stereocenters. The van der Waals surface area contributed by atoms with Gasteiger partial charge >= 0.3 is 6.18 Å². The summed E-state index contributed by atoms with van der Waals surface area (Å²) >= 11 is 0. The molecule has 160 valence electrons. The van der Waals surface area contributed by atoms with Gasteiger partial charge in [0.25, 0.3) is 0 Å². The summed E-state index contributed by atoms with van der Waals surface area (Å²) in [7, 11) is 0. The number of nitrogens with two attached hydrogens (primary N) is 1. The van der Waals surface area contributed by atoms with Crippen LogP contribution in [0.5, 0.6) is 0 Å². The minimum absolute atomic E-state index is 0.0521. The number of halogens is 3. The second-order valence-corrected chi connectivity index (χ2v) is 6.92. The van der Waals surface area contributed by atoms with Crippen LogP contribution in [0.15, 0.2) is 18.3 Å². The van der Waals surface area contributed by atoms with Gasteiger partial charge in [0.2, 0.25) is 0 Å². The molecule has 2 saturated heterocycles. The number of nitrogens with zero attached hydrogens (tertiary/aromatic N) is 3. The Morgan fingerprint density at radius 3 is 2.62 bits per heavy atom. The van der Waals surface area contributed by atoms with E-state index in [-0.39, 0.29) is 29.0 Å². The molecule has 0 aliphatic carbocycles. The predicted molar refractivity (Wildman–Crippen MR) is 102 cm³/mol. The number of alkyl halides is 3. The van der Waals surface area contributed by atoms with Crippen LogP contribution in [0.25, 0.3) is 5.70 Å². The Bertz CT molecular complexity index is 764. The molecule has 0 radical (unpaired) electrons. The second-order valence-electron chi connectivity index (χ2n) is 6.92. The molecule has 8 nitrogen and oxygen atoms in total. The van der Waals surface area contributed by atoms with Crippen molar-refractivity contribution < 1.29 is 22.6 Å². The van der Waals surface area contributed by atoms with E-state index in [0.717, 1.165) is 12.3 Å². The number of amidine groups is 1. The summed E-state index contributed by atoms with van der Waals surface area (Å²) in [6, 6.07) is 0.759. The van der Waals surface area contributed by atoms with Crippen molar-refractivity contribution >= 4 is 17.4 Å². The summed E-state index contributed by atoms with van der Waals surface area (Å²) in [5.41, 5.74) is 7.60. The molecule has 2 aliphatic heterocycles. The fraction of sp³-hybridized carbons (Fsp3) is 0.556. The predicted octanol–water partition coefficient (Wildman–Crippen LogP) is 1.56. The van der Waals surface area contributed by atoms with Crippen LogP contribution in [0.2, 0.25) is 0 Å². The molecule has 3 heterocycles. The summed E-state index contributed by atoms with van der Waals surface area (Å²) in [5, 5.41) is 10.2. The Hall–Kier alpha value is -2.37. The van der Waals surface area contributed by atoms with Crippen molar-refractivity contribution in [2.45, 2.75) is 19.1 Å². The highest BCUT2D eigenvalue weighted by Crippen LogP contribution is 2.35. The Morgan fingerprint density at radius 2 is 1.97 bits per heavy atom. The molecule has 1 aromatic heterocycles. The molecule has 0 bridgehead atoms. The van der Waals surface area contributed by atoms with E-state index < -0.39 is 11.7 Å².